The van der Waals surface area contributed by atoms with E-state index in [1.807, 2.05) is 17.0 Å². The molecule has 18 heteroatoms. The number of likely N-dealkylation sites (tertiary alicyclic amines) is 2. The lowest BCUT2D eigenvalue weighted by Crippen LogP contribution is -2.54. The van der Waals surface area contributed by atoms with Crippen molar-refractivity contribution in [2.24, 2.45) is 0 Å². The zero-order chi connectivity index (χ0) is 45.9. The molecular formula is C46H53Cl2F6N5O5. The van der Waals surface area contributed by atoms with Crippen molar-refractivity contribution in [3.05, 3.63) is 104 Å². The highest BCUT2D eigenvalue weighted by atomic mass is 35.5. The Bertz CT molecular complexity index is 2130. The van der Waals surface area contributed by atoms with Crippen LogP contribution in [0.3, 0.4) is 0 Å². The van der Waals surface area contributed by atoms with Crippen LogP contribution in [0.2, 0.25) is 10.0 Å². The maximum Gasteiger partial charge on any atom is 0.416 e. The number of amides is 4. The molecule has 0 bridgehead atoms. The van der Waals surface area contributed by atoms with Crippen LogP contribution >= 0.6 is 23.2 Å². The Morgan fingerprint density at radius 3 is 2.22 bits per heavy atom. The predicted octanol–water partition coefficient (Wildman–Crippen LogP) is 8.81. The molecule has 0 aromatic heterocycles. The second-order valence-electron chi connectivity index (χ2n) is 17.4. The third kappa shape index (κ3) is 10.8. The van der Waals surface area contributed by atoms with E-state index in [-0.39, 0.29) is 65.9 Å². The van der Waals surface area contributed by atoms with E-state index in [9.17, 15) is 40.7 Å². The first-order valence-electron chi connectivity index (χ1n) is 21.8. The van der Waals surface area contributed by atoms with Gasteiger partial charge >= 0.3 is 18.4 Å². The molecule has 3 aromatic carbocycles. The van der Waals surface area contributed by atoms with Gasteiger partial charge in [0.15, 0.2) is 0 Å². The number of hydrogen-bond donors (Lipinski definition) is 1. The van der Waals surface area contributed by atoms with Crippen molar-refractivity contribution in [3.8, 4) is 0 Å². The molecule has 4 amide bonds. The molecule has 1 aliphatic carbocycles. The van der Waals surface area contributed by atoms with Crippen LogP contribution in [0.25, 0.3) is 0 Å². The first kappa shape index (κ1) is 47.9. The summed E-state index contributed by atoms with van der Waals surface area (Å²) in [7, 11) is 1.74. The number of halogens is 8. The minimum atomic E-state index is -5.12. The van der Waals surface area contributed by atoms with Crippen LogP contribution in [0, 0.1) is 0 Å². The van der Waals surface area contributed by atoms with Crippen molar-refractivity contribution in [3.63, 3.8) is 0 Å². The van der Waals surface area contributed by atoms with Gasteiger partial charge in [-0.25, -0.2) is 4.79 Å². The van der Waals surface area contributed by atoms with Gasteiger partial charge in [-0.2, -0.15) is 26.3 Å². The second-order valence-corrected chi connectivity index (χ2v) is 18.2. The molecule has 7 rings (SSSR count). The van der Waals surface area contributed by atoms with Gasteiger partial charge in [0, 0.05) is 57.3 Å². The Labute approximate surface area is 379 Å². The molecule has 3 aliphatic heterocycles. The fourth-order valence-electron chi connectivity index (χ4n) is 9.67. The third-order valence-corrected chi connectivity index (χ3v) is 14.1. The van der Waals surface area contributed by atoms with E-state index in [4.69, 9.17) is 32.7 Å². The summed E-state index contributed by atoms with van der Waals surface area (Å²) in [6, 6.07) is 13.9. The first-order valence-corrected chi connectivity index (χ1v) is 22.5. The van der Waals surface area contributed by atoms with Gasteiger partial charge in [-0.3, -0.25) is 9.59 Å². The fraction of sp³-hybridized carbons (Fsp3) is 0.543. The van der Waals surface area contributed by atoms with E-state index in [1.165, 1.54) is 16.0 Å². The summed E-state index contributed by atoms with van der Waals surface area (Å²) >= 11 is 12.7. The largest absolute Gasteiger partial charge is 0.416 e. The van der Waals surface area contributed by atoms with E-state index in [2.05, 4.69) is 22.3 Å². The van der Waals surface area contributed by atoms with Crippen molar-refractivity contribution in [1.82, 2.24) is 24.9 Å². The van der Waals surface area contributed by atoms with Crippen molar-refractivity contribution >= 4 is 41.0 Å². The van der Waals surface area contributed by atoms with Crippen LogP contribution < -0.4 is 5.32 Å². The van der Waals surface area contributed by atoms with Gasteiger partial charge in [-0.15, -0.1) is 0 Å². The van der Waals surface area contributed by atoms with Crippen LogP contribution in [-0.4, -0.2) is 123 Å². The lowest BCUT2D eigenvalue weighted by Gasteiger charge is -2.46. The number of carbonyl (C=O) groups excluding carboxylic acids is 3. The number of alkyl halides is 6. The monoisotopic (exact) mass is 939 g/mol. The van der Waals surface area contributed by atoms with E-state index in [1.54, 1.807) is 30.1 Å². The molecule has 3 saturated heterocycles. The van der Waals surface area contributed by atoms with Crippen molar-refractivity contribution in [2.45, 2.75) is 80.8 Å². The molecule has 10 nitrogen and oxygen atoms in total. The number of nitrogens with zero attached hydrogens (tertiary/aromatic N) is 4. The molecule has 348 valence electrons. The third-order valence-electron chi connectivity index (χ3n) is 13.3. The van der Waals surface area contributed by atoms with Gasteiger partial charge in [0.05, 0.1) is 40.4 Å². The molecule has 0 saturated carbocycles. The minimum absolute atomic E-state index is 0.000787. The van der Waals surface area contributed by atoms with Gasteiger partial charge in [-0.1, -0.05) is 53.5 Å². The summed E-state index contributed by atoms with van der Waals surface area (Å²) in [6.45, 7) is 3.87. The fourth-order valence-corrected chi connectivity index (χ4v) is 9.97. The number of carbonyl (C=O) groups is 3. The molecule has 64 heavy (non-hydrogen) atoms. The average molecular weight is 941 g/mol. The molecule has 4 aliphatic rings. The number of likely N-dealkylation sites (N-methyl/N-ethyl adjacent to an activating group) is 1. The zero-order valence-electron chi connectivity index (χ0n) is 35.6. The Morgan fingerprint density at radius 2 is 1.55 bits per heavy atom. The average Bonchev–Trinajstić information content (AvgIpc) is 3.58. The minimum Gasteiger partial charge on any atom is -0.367 e. The Morgan fingerprint density at radius 1 is 0.859 bits per heavy atom. The highest BCUT2D eigenvalue weighted by molar-refractivity contribution is 6.42. The van der Waals surface area contributed by atoms with E-state index in [0.717, 1.165) is 45.2 Å². The van der Waals surface area contributed by atoms with Crippen LogP contribution in [-0.2, 0) is 44.1 Å². The molecule has 3 aromatic rings. The molecule has 1 spiro atoms. The molecular weight excluding hydrogens is 887 g/mol. The van der Waals surface area contributed by atoms with Crippen LogP contribution in [0.15, 0.2) is 60.7 Å². The van der Waals surface area contributed by atoms with Gasteiger partial charge in [-0.05, 0) is 111 Å². The highest BCUT2D eigenvalue weighted by Gasteiger charge is 2.50. The number of rotatable bonds is 12. The molecule has 0 radical (unpaired) electrons. The second kappa shape index (κ2) is 19.8. The number of urea groups is 1. The van der Waals surface area contributed by atoms with Crippen LogP contribution in [0.4, 0.5) is 31.1 Å². The van der Waals surface area contributed by atoms with Gasteiger partial charge in [0.2, 0.25) is 5.91 Å². The van der Waals surface area contributed by atoms with Crippen molar-refractivity contribution in [1.29, 1.82) is 0 Å². The maximum absolute atomic E-state index is 13.9. The number of benzene rings is 3. The van der Waals surface area contributed by atoms with Gasteiger partial charge < -0.3 is 34.4 Å². The lowest BCUT2D eigenvalue weighted by atomic mass is 9.72. The van der Waals surface area contributed by atoms with Gasteiger partial charge in [0.25, 0.3) is 5.91 Å². The zero-order valence-corrected chi connectivity index (χ0v) is 37.2. The summed E-state index contributed by atoms with van der Waals surface area (Å²) in [4.78, 5) is 46.6. The summed E-state index contributed by atoms with van der Waals surface area (Å²) in [5, 5.41) is 3.44. The molecule has 2 atom stereocenters. The summed E-state index contributed by atoms with van der Waals surface area (Å²) in [5.41, 5.74) is -2.53. The number of piperidine rings is 2. The SMILES string of the molecule is CN(CCCNC(=O)N1CCCCC1)C(=O)CO[C@H]1Cc2ccccc2C12CCN(CC[C@@]1(c3ccc(Cl)c(Cl)c3)CN(C(=O)c3cc(C(F)(F)F)cc(C(F)(F)F)c3)CCO1)CC2. The molecule has 0 unspecified atom stereocenters. The molecule has 3 fully saturated rings. The number of fused-ring (bicyclic) bond motifs is 2. The quantitative estimate of drug-likeness (QED) is 0.144. The van der Waals surface area contributed by atoms with E-state index in [0.29, 0.717) is 69.7 Å². The van der Waals surface area contributed by atoms with Crippen molar-refractivity contribution in [2.75, 3.05) is 79.2 Å². The Balaban J connectivity index is 1.01. The normalized spacial score (nSPS) is 21.5. The summed E-state index contributed by atoms with van der Waals surface area (Å²) < 4.78 is 95.5. The molecule has 1 N–H and O–H groups in total. The van der Waals surface area contributed by atoms with E-state index < -0.39 is 40.6 Å². The van der Waals surface area contributed by atoms with Crippen LogP contribution in [0.1, 0.15) is 83.1 Å². The van der Waals surface area contributed by atoms with Crippen molar-refractivity contribution < 1.29 is 50.2 Å². The van der Waals surface area contributed by atoms with Gasteiger partial charge in [0.1, 0.15) is 12.2 Å². The maximum atomic E-state index is 13.9. The van der Waals surface area contributed by atoms with Crippen LogP contribution in [0.5, 0.6) is 0 Å². The van der Waals surface area contributed by atoms with E-state index >= 15 is 0 Å². The number of nitrogens with one attached hydrogen (secondary N) is 1. The first-order chi connectivity index (χ1) is 30.4. The number of hydrogen-bond acceptors (Lipinski definition) is 6. The number of morpholine rings is 1. The standard InChI is InChI=1S/C46H53Cl2F6N5O5/c1-56(16-7-15-55-42(62)58-17-5-2-6-18-58)40(60)29-63-39-26-31-8-3-4-9-36(31)43(39)12-19-57(20-13-43)21-14-44(33-10-11-37(47)38(48)28-33)30-59(22-23-64-44)41(61)32-24-34(45(49,50)51)27-35(25-32)46(52,53)54/h3-4,8-11,24-25,27-28,39H,2,5-7,12-23,26,29-30H2,1H3,(H,55,62)/t39-,44-/m0/s1. The molecule has 3 heterocycles. The number of ether oxygens (including phenoxy) is 2. The smallest absolute Gasteiger partial charge is 0.367 e. The predicted molar refractivity (Wildman–Crippen MR) is 229 cm³/mol. The summed E-state index contributed by atoms with van der Waals surface area (Å²) in [5.74, 6) is -1.14. The topological polar surface area (TPSA) is 94.7 Å². The summed E-state index contributed by atoms with van der Waals surface area (Å²) in [6.07, 6.45) is -4.30. The lowest BCUT2D eigenvalue weighted by molar-refractivity contribution is -0.143. The Hall–Kier alpha value is -4.09. The Kier molecular flexibility index (Phi) is 14.8. The highest BCUT2D eigenvalue weighted by Crippen LogP contribution is 2.48.